The fourth-order valence-corrected chi connectivity index (χ4v) is 3.04. The highest BCUT2D eigenvalue weighted by Gasteiger charge is 2.27. The predicted octanol–water partition coefficient (Wildman–Crippen LogP) is 2.35. The number of carbonyl (C=O) groups excluding carboxylic acids is 1. The normalized spacial score (nSPS) is 20.1. The molecule has 2 aliphatic rings. The molecule has 3 rings (SSSR count). The number of hydrogen-bond donors (Lipinski definition) is 0. The summed E-state index contributed by atoms with van der Waals surface area (Å²) >= 11 is 5.85. The van der Waals surface area contributed by atoms with E-state index in [0.717, 1.165) is 51.3 Å². The summed E-state index contributed by atoms with van der Waals surface area (Å²) in [6.45, 7) is 4.29. The third kappa shape index (κ3) is 3.63. The molecular weight excluding hydrogens is 286 g/mol. The lowest BCUT2D eigenvalue weighted by molar-refractivity contribution is -0.137. The Balaban J connectivity index is 1.48. The van der Waals surface area contributed by atoms with E-state index < -0.39 is 0 Å². The van der Waals surface area contributed by atoms with Gasteiger partial charge < -0.3 is 4.90 Å². The molecule has 1 fully saturated rings. The molecule has 2 heterocycles. The van der Waals surface area contributed by atoms with Crippen molar-refractivity contribution in [1.82, 2.24) is 14.8 Å². The van der Waals surface area contributed by atoms with Gasteiger partial charge in [0, 0.05) is 44.8 Å². The van der Waals surface area contributed by atoms with Gasteiger partial charge >= 0.3 is 0 Å². The SMILES string of the molecule is O=C(C1CC=CC1)N1CCN(Cc2ccc(Cl)cn2)CC1. The molecule has 0 unspecified atom stereocenters. The second-order valence-corrected chi connectivity index (χ2v) is 6.15. The maximum atomic E-state index is 12.3. The van der Waals surface area contributed by atoms with Gasteiger partial charge in [-0.15, -0.1) is 0 Å². The van der Waals surface area contributed by atoms with Crippen molar-refractivity contribution in [3.05, 3.63) is 41.2 Å². The zero-order valence-electron chi connectivity index (χ0n) is 12.0. The number of piperazine rings is 1. The summed E-state index contributed by atoms with van der Waals surface area (Å²) in [4.78, 5) is 21.0. The molecule has 0 bridgehead atoms. The highest BCUT2D eigenvalue weighted by atomic mass is 35.5. The van der Waals surface area contributed by atoms with Crippen molar-refractivity contribution in [3.63, 3.8) is 0 Å². The molecule has 0 atom stereocenters. The number of allylic oxidation sites excluding steroid dienone is 2. The molecule has 112 valence electrons. The number of nitrogens with zero attached hydrogens (tertiary/aromatic N) is 3. The maximum absolute atomic E-state index is 12.3. The van der Waals surface area contributed by atoms with E-state index in [1.165, 1.54) is 0 Å². The second-order valence-electron chi connectivity index (χ2n) is 5.71. The lowest BCUT2D eigenvalue weighted by atomic mass is 10.1. The number of halogens is 1. The molecule has 0 saturated carbocycles. The average molecular weight is 306 g/mol. The lowest BCUT2D eigenvalue weighted by Crippen LogP contribution is -2.49. The van der Waals surface area contributed by atoms with E-state index in [4.69, 9.17) is 11.6 Å². The highest BCUT2D eigenvalue weighted by Crippen LogP contribution is 2.21. The molecule has 5 heteroatoms. The van der Waals surface area contributed by atoms with E-state index in [0.29, 0.717) is 10.9 Å². The van der Waals surface area contributed by atoms with Crippen LogP contribution in [-0.2, 0) is 11.3 Å². The van der Waals surface area contributed by atoms with Crippen LogP contribution in [0.5, 0.6) is 0 Å². The van der Waals surface area contributed by atoms with Gasteiger partial charge in [-0.2, -0.15) is 0 Å². The topological polar surface area (TPSA) is 36.4 Å². The molecular formula is C16H20ClN3O. The number of carbonyl (C=O) groups is 1. The van der Waals surface area contributed by atoms with Crippen LogP contribution < -0.4 is 0 Å². The van der Waals surface area contributed by atoms with E-state index in [1.54, 1.807) is 6.20 Å². The van der Waals surface area contributed by atoms with Crippen molar-refractivity contribution in [1.29, 1.82) is 0 Å². The summed E-state index contributed by atoms with van der Waals surface area (Å²) in [7, 11) is 0. The molecule has 1 saturated heterocycles. The van der Waals surface area contributed by atoms with Crippen LogP contribution in [0.4, 0.5) is 0 Å². The molecule has 4 nitrogen and oxygen atoms in total. The van der Waals surface area contributed by atoms with Crippen LogP contribution >= 0.6 is 11.6 Å². The van der Waals surface area contributed by atoms with Crippen LogP contribution in [0.2, 0.25) is 5.02 Å². The first-order valence-electron chi connectivity index (χ1n) is 7.49. The molecule has 21 heavy (non-hydrogen) atoms. The minimum Gasteiger partial charge on any atom is -0.340 e. The molecule has 0 aromatic carbocycles. The number of aromatic nitrogens is 1. The molecule has 0 spiro atoms. The van der Waals surface area contributed by atoms with E-state index in [2.05, 4.69) is 22.0 Å². The monoisotopic (exact) mass is 305 g/mol. The van der Waals surface area contributed by atoms with E-state index in [9.17, 15) is 4.79 Å². The average Bonchev–Trinajstić information content (AvgIpc) is 3.04. The number of pyridine rings is 1. The summed E-state index contributed by atoms with van der Waals surface area (Å²) in [5.74, 6) is 0.513. The second kappa shape index (κ2) is 6.58. The van der Waals surface area contributed by atoms with Gasteiger partial charge in [-0.25, -0.2) is 0 Å². The summed E-state index contributed by atoms with van der Waals surface area (Å²) in [6, 6.07) is 3.83. The zero-order chi connectivity index (χ0) is 14.7. The third-order valence-corrected chi connectivity index (χ3v) is 4.44. The van der Waals surface area contributed by atoms with Gasteiger partial charge in [-0.3, -0.25) is 14.7 Å². The lowest BCUT2D eigenvalue weighted by Gasteiger charge is -2.35. The Hall–Kier alpha value is -1.39. The zero-order valence-corrected chi connectivity index (χ0v) is 12.8. The molecule has 1 aliphatic carbocycles. The van der Waals surface area contributed by atoms with E-state index >= 15 is 0 Å². The number of amides is 1. The van der Waals surface area contributed by atoms with Gasteiger partial charge in [0.25, 0.3) is 0 Å². The van der Waals surface area contributed by atoms with Crippen molar-refractivity contribution < 1.29 is 4.79 Å². The summed E-state index contributed by atoms with van der Waals surface area (Å²) in [5, 5.41) is 0.666. The molecule has 1 aromatic rings. The third-order valence-electron chi connectivity index (χ3n) is 4.22. The number of hydrogen-bond acceptors (Lipinski definition) is 3. The first kappa shape index (κ1) is 14.5. The Morgan fingerprint density at radius 2 is 1.90 bits per heavy atom. The van der Waals surface area contributed by atoms with Gasteiger partial charge in [0.1, 0.15) is 0 Å². The number of rotatable bonds is 3. The van der Waals surface area contributed by atoms with Crippen LogP contribution in [0, 0.1) is 5.92 Å². The van der Waals surface area contributed by atoms with Crippen LogP contribution in [-0.4, -0.2) is 46.9 Å². The standard InChI is InChI=1S/C16H20ClN3O/c17-14-5-6-15(18-11-14)12-19-7-9-20(10-8-19)16(21)13-3-1-2-4-13/h1-2,5-6,11,13H,3-4,7-10,12H2. The molecule has 0 radical (unpaired) electrons. The molecule has 1 amide bonds. The fourth-order valence-electron chi connectivity index (χ4n) is 2.93. The summed E-state index contributed by atoms with van der Waals surface area (Å²) < 4.78 is 0. The largest absolute Gasteiger partial charge is 0.340 e. The van der Waals surface area contributed by atoms with Gasteiger partial charge in [0.2, 0.25) is 5.91 Å². The highest BCUT2D eigenvalue weighted by molar-refractivity contribution is 6.30. The molecule has 1 aromatic heterocycles. The first-order chi connectivity index (χ1) is 10.2. The molecule has 1 aliphatic heterocycles. The Labute approximate surface area is 130 Å². The Bertz CT molecular complexity index is 513. The maximum Gasteiger partial charge on any atom is 0.226 e. The van der Waals surface area contributed by atoms with Crippen LogP contribution in [0.3, 0.4) is 0 Å². The van der Waals surface area contributed by atoms with Crippen molar-refractivity contribution in [2.45, 2.75) is 19.4 Å². The molecule has 0 N–H and O–H groups in total. The first-order valence-corrected chi connectivity index (χ1v) is 7.87. The van der Waals surface area contributed by atoms with E-state index in [-0.39, 0.29) is 5.92 Å². The van der Waals surface area contributed by atoms with Crippen molar-refractivity contribution in [2.75, 3.05) is 26.2 Å². The van der Waals surface area contributed by atoms with Crippen molar-refractivity contribution in [2.24, 2.45) is 5.92 Å². The quantitative estimate of drug-likeness (QED) is 0.804. The minimum atomic E-state index is 0.189. The van der Waals surface area contributed by atoms with Crippen LogP contribution in [0.25, 0.3) is 0 Å². The predicted molar refractivity (Wildman–Crippen MR) is 83.0 cm³/mol. The Kier molecular flexibility index (Phi) is 4.56. The van der Waals surface area contributed by atoms with Gasteiger partial charge in [-0.1, -0.05) is 23.8 Å². The van der Waals surface area contributed by atoms with Crippen molar-refractivity contribution in [3.8, 4) is 0 Å². The van der Waals surface area contributed by atoms with Crippen LogP contribution in [0.1, 0.15) is 18.5 Å². The van der Waals surface area contributed by atoms with Crippen LogP contribution in [0.15, 0.2) is 30.5 Å². The van der Waals surface area contributed by atoms with Gasteiger partial charge in [0.15, 0.2) is 0 Å². The Morgan fingerprint density at radius 1 is 1.19 bits per heavy atom. The fraction of sp³-hybridized carbons (Fsp3) is 0.500. The summed E-state index contributed by atoms with van der Waals surface area (Å²) in [5.41, 5.74) is 1.03. The van der Waals surface area contributed by atoms with Crippen molar-refractivity contribution >= 4 is 17.5 Å². The summed E-state index contributed by atoms with van der Waals surface area (Å²) in [6.07, 6.45) is 7.74. The minimum absolute atomic E-state index is 0.189. The van der Waals surface area contributed by atoms with E-state index in [1.807, 2.05) is 17.0 Å². The van der Waals surface area contributed by atoms with Gasteiger partial charge in [-0.05, 0) is 25.0 Å². The van der Waals surface area contributed by atoms with Gasteiger partial charge in [0.05, 0.1) is 10.7 Å². The Morgan fingerprint density at radius 3 is 2.52 bits per heavy atom. The smallest absolute Gasteiger partial charge is 0.226 e.